The van der Waals surface area contributed by atoms with Gasteiger partial charge in [0, 0.05) is 7.11 Å². The van der Waals surface area contributed by atoms with E-state index in [-0.39, 0.29) is 0 Å². The van der Waals surface area contributed by atoms with Gasteiger partial charge in [-0.05, 0) is 0 Å². The van der Waals surface area contributed by atoms with Crippen molar-refractivity contribution in [3.05, 3.63) is 0 Å². The fraction of sp³-hybridized carbons (Fsp3) is 0.952. The second-order valence-electron chi connectivity index (χ2n) is 19.6. The Hall–Kier alpha value is -1.97. The Morgan fingerprint density at radius 3 is 1.32 bits per heavy atom. The molecule has 30 atom stereocenters. The van der Waals surface area contributed by atoms with Gasteiger partial charge in [-0.15, -0.1) is 0 Å². The highest BCUT2D eigenvalue weighted by atomic mass is 31.2. The first-order chi connectivity index (χ1) is 40.1. The largest absolute Gasteiger partial charge is 0.790 e. The van der Waals surface area contributed by atoms with Crippen LogP contribution >= 0.6 is 16.5 Å². The quantitative estimate of drug-likeness (QED) is 0.0217. The van der Waals surface area contributed by atoms with Crippen LogP contribution in [-0.4, -0.2) is 349 Å². The molecule has 0 bridgehead atoms. The van der Waals surface area contributed by atoms with Crippen LogP contribution in [0.1, 0.15) is 0 Å². The maximum Gasteiger partial charge on any atom is 0.246 e. The SMILES string of the molecule is COCC(=O)CNC(=O)CO[C@@H]1OC(CO[C@H]2OC(CO[C@H]3OC(CO)[C@@H](O)[C@H](O)C3O[C@@H]3OC(CO[O-])[C@@H](O)[C@H](O)C3O)[C@@H](O)[C@H](O)C2O)[C@@H](O)[C@H](O[C@H]2OC(CO)[C@@H](O)[C@H](O)C2O[C@H]2OC(COP(=O)([O-])[O-])[C@@H](O)[C@H](O)C2O)C1O.O=P[O-]. The number of ether oxygens (including phenoxy) is 13. The van der Waals surface area contributed by atoms with Gasteiger partial charge in [0.2, 0.25) is 5.91 Å². The summed E-state index contributed by atoms with van der Waals surface area (Å²) < 4.78 is 95.7. The summed E-state index contributed by atoms with van der Waals surface area (Å²) in [5.74, 6) is -1.58. The Morgan fingerprint density at radius 1 is 0.471 bits per heavy atom. The third kappa shape index (κ3) is 19.1. The zero-order chi connectivity index (χ0) is 63.4. The Bertz CT molecular complexity index is 2080. The summed E-state index contributed by atoms with van der Waals surface area (Å²) in [5, 5.41) is 196. The molecular weight excluding hydrogens is 1220 g/mol. The number of nitrogens with one attached hydrogen (secondary N) is 1. The monoisotopic (exact) mass is 1290 g/mol. The maximum absolute atomic E-state index is 12.7. The minimum Gasteiger partial charge on any atom is -0.790 e. The van der Waals surface area contributed by atoms with Crippen molar-refractivity contribution in [3.63, 3.8) is 0 Å². The first-order valence-electron chi connectivity index (χ1n) is 25.4. The van der Waals surface area contributed by atoms with Crippen molar-refractivity contribution in [1.29, 1.82) is 0 Å². The average Bonchev–Trinajstić information content (AvgIpc) is 1.72. The highest BCUT2D eigenvalue weighted by Crippen LogP contribution is 2.36. The van der Waals surface area contributed by atoms with E-state index in [2.05, 4.69) is 14.7 Å². The molecule has 6 aliphatic heterocycles. The van der Waals surface area contributed by atoms with E-state index in [9.17, 15) is 116 Å². The molecule has 0 aliphatic carbocycles. The van der Waals surface area contributed by atoms with Gasteiger partial charge in [0.25, 0.3) is 0 Å². The number of phosphoric acid groups is 1. The standard InChI is InChI=1S/C42H72NO38P.HO2P/c1-67-5-11(46)2-43-18(47)10-70-38-33(62)34(79-42-36(29(58)20(49)13(4-45)74-42)81-40-32(61)27(56)23(52)17(78-40)9-72-82(64,65)66)24(53)15(76-38)7-68-37-30(59)25(54)21(50)14(75-37)6-69-41-35(28(57)19(48)12(3-44)73-41)80-39-31(60)26(55)22(51)16(77-39)8-71-63;1-3-2/h12-17,19-42,44-45,48-63H,2-10H2,1H3,(H,43,47)(H2,64,65,66);(H,1,2)/p-4/t12?,13?,14?,15?,16?,17?,19-,20-,21-,22-,23-,24-,25+,26+,27+,28+,29+,30?,31?,32?,33?,34+,35?,36?,37+,38-,39+,40-,41+,42-;/m1./s1. The molecule has 0 aromatic heterocycles. The van der Waals surface area contributed by atoms with Crippen LogP contribution < -0.4 is 25.3 Å². The predicted molar refractivity (Wildman–Crippen MR) is 246 cm³/mol. The molecule has 496 valence electrons. The number of aliphatic hydroxyl groups is 17. The second-order valence-corrected chi connectivity index (χ2v) is 20.9. The van der Waals surface area contributed by atoms with Crippen molar-refractivity contribution in [2.75, 3.05) is 66.5 Å². The third-order valence-electron chi connectivity index (χ3n) is 13.8. The van der Waals surface area contributed by atoms with Gasteiger partial charge in [0.15, 0.2) is 43.5 Å². The van der Waals surface area contributed by atoms with Gasteiger partial charge in [-0.1, -0.05) is 0 Å². The van der Waals surface area contributed by atoms with Gasteiger partial charge in [0.05, 0.1) is 62.7 Å². The minimum absolute atomic E-state index is 0.394. The minimum atomic E-state index is -5.74. The number of aliphatic hydroxyl groups excluding tert-OH is 17. The molecule has 1 amide bonds. The van der Waals surface area contributed by atoms with Gasteiger partial charge in [-0.25, -0.2) is 0 Å². The Labute approximate surface area is 480 Å². The number of carbonyl (C=O) groups is 2. The summed E-state index contributed by atoms with van der Waals surface area (Å²) in [6, 6.07) is 0. The highest BCUT2D eigenvalue weighted by Gasteiger charge is 2.56. The molecule has 6 aliphatic rings. The lowest BCUT2D eigenvalue weighted by molar-refractivity contribution is -0.692. The summed E-state index contributed by atoms with van der Waals surface area (Å²) in [7, 11) is -5.61. The van der Waals surface area contributed by atoms with Crippen molar-refractivity contribution < 1.29 is 196 Å². The Kier molecular flexibility index (Phi) is 29.4. The van der Waals surface area contributed by atoms with E-state index in [0.29, 0.717) is 0 Å². The first kappa shape index (κ1) is 73.8. The van der Waals surface area contributed by atoms with Gasteiger partial charge in [-0.2, -0.15) is 0 Å². The molecule has 85 heavy (non-hydrogen) atoms. The molecule has 18 N–H and O–H groups in total. The van der Waals surface area contributed by atoms with Gasteiger partial charge in [0.1, 0.15) is 160 Å². The zero-order valence-electron chi connectivity index (χ0n) is 44.1. The van der Waals surface area contributed by atoms with Crippen molar-refractivity contribution in [2.24, 2.45) is 0 Å². The van der Waals surface area contributed by atoms with E-state index in [1.54, 1.807) is 0 Å². The predicted octanol–water partition coefficient (Wildman–Crippen LogP) is -17.0. The van der Waals surface area contributed by atoms with Crippen molar-refractivity contribution >= 4 is 28.2 Å². The molecule has 0 spiro atoms. The summed E-state index contributed by atoms with van der Waals surface area (Å²) in [6.45, 7) is -8.08. The molecule has 0 aromatic rings. The zero-order valence-corrected chi connectivity index (χ0v) is 45.9. The van der Waals surface area contributed by atoms with Crippen LogP contribution in [-0.2, 0) is 89.7 Å². The number of phosphoric ester groups is 1. The normalized spacial score (nSPS) is 44.5. The molecule has 0 saturated carbocycles. The highest BCUT2D eigenvalue weighted by molar-refractivity contribution is 7.43. The van der Waals surface area contributed by atoms with Gasteiger partial charge in [-0.3, -0.25) is 14.2 Å². The van der Waals surface area contributed by atoms with Crippen LogP contribution in [0, 0.1) is 0 Å². The molecule has 6 heterocycles. The van der Waals surface area contributed by atoms with Crippen LogP contribution in [0.15, 0.2) is 0 Å². The smallest absolute Gasteiger partial charge is 0.246 e. The van der Waals surface area contributed by atoms with Crippen LogP contribution in [0.5, 0.6) is 0 Å². The molecule has 0 radical (unpaired) electrons. The number of methoxy groups -OCH3 is 1. The van der Waals surface area contributed by atoms with Crippen LogP contribution in [0.4, 0.5) is 0 Å². The van der Waals surface area contributed by atoms with E-state index in [4.69, 9.17) is 71.0 Å². The molecule has 12 unspecified atom stereocenters. The van der Waals surface area contributed by atoms with Gasteiger partial charge < -0.3 is 188 Å². The van der Waals surface area contributed by atoms with Crippen LogP contribution in [0.25, 0.3) is 0 Å². The second kappa shape index (κ2) is 33.9. The number of Topliss-reactive ketones (excluding diaryl/α,β-unsaturated/α-hetero) is 1. The number of hydrogen-bond donors (Lipinski definition) is 18. The van der Waals surface area contributed by atoms with Crippen molar-refractivity contribution in [3.8, 4) is 0 Å². The molecule has 43 heteroatoms. The number of amides is 1. The van der Waals surface area contributed by atoms with Crippen molar-refractivity contribution in [1.82, 2.24) is 5.32 Å². The molecule has 6 rings (SSSR count). The summed E-state index contributed by atoms with van der Waals surface area (Å²) in [6.07, 6.45) is -61.6. The topological polar surface area (TPSA) is 655 Å². The lowest BCUT2D eigenvalue weighted by Crippen LogP contribution is -2.67. The fourth-order valence-electron chi connectivity index (χ4n) is 9.20. The third-order valence-corrected chi connectivity index (χ3v) is 14.3. The average molecular weight is 1290 g/mol. The fourth-order valence-corrected chi connectivity index (χ4v) is 9.53. The van der Waals surface area contributed by atoms with Crippen LogP contribution in [0.3, 0.4) is 0 Å². The first-order valence-corrected chi connectivity index (χ1v) is 27.6. The van der Waals surface area contributed by atoms with E-state index in [1.165, 1.54) is 7.11 Å². The van der Waals surface area contributed by atoms with Gasteiger partial charge >= 0.3 is 0 Å². The van der Waals surface area contributed by atoms with Crippen LogP contribution in [0.2, 0.25) is 0 Å². The van der Waals surface area contributed by atoms with E-state index < -0.39 is 272 Å². The maximum atomic E-state index is 12.7. The van der Waals surface area contributed by atoms with E-state index in [1.807, 2.05) is 0 Å². The molecule has 41 nitrogen and oxygen atoms in total. The summed E-state index contributed by atoms with van der Waals surface area (Å²) in [5.41, 5.74) is 0. The van der Waals surface area contributed by atoms with E-state index >= 15 is 0 Å². The molecule has 0 aromatic carbocycles. The number of rotatable bonds is 26. The molecule has 6 fully saturated rings. The molecule has 6 saturated heterocycles. The lowest BCUT2D eigenvalue weighted by atomic mass is 9.96. The number of carbonyl (C=O) groups excluding carboxylic acids is 2. The Balaban J connectivity index is 0.00000431. The van der Waals surface area contributed by atoms with Crippen molar-refractivity contribution in [2.45, 2.75) is 184 Å². The Morgan fingerprint density at radius 2 is 0.847 bits per heavy atom. The number of ketones is 1. The lowest BCUT2D eigenvalue weighted by Gasteiger charge is -2.49. The summed E-state index contributed by atoms with van der Waals surface area (Å²) in [4.78, 5) is 59.1. The van der Waals surface area contributed by atoms with E-state index in [0.717, 1.165) is 0 Å². The molecular formula is C42H69NO40P2-4. The number of hydrogen-bond acceptors (Lipinski definition) is 40. The summed E-state index contributed by atoms with van der Waals surface area (Å²) >= 11 is 0.